The molecule has 0 fully saturated rings. The second-order valence-electron chi connectivity index (χ2n) is 4.45. The molecule has 2 aromatic carbocycles. The van der Waals surface area contributed by atoms with E-state index >= 15 is 0 Å². The molecular weight excluding hydrogens is 224 g/mol. The second kappa shape index (κ2) is 5.69. The molecule has 2 aromatic rings. The van der Waals surface area contributed by atoms with Gasteiger partial charge in [-0.2, -0.15) is 0 Å². The van der Waals surface area contributed by atoms with Crippen molar-refractivity contribution in [2.45, 2.75) is 26.1 Å². The zero-order valence-electron chi connectivity index (χ0n) is 10.7. The lowest BCUT2D eigenvalue weighted by molar-refractivity contribution is 0.0604. The second-order valence-corrected chi connectivity index (χ2v) is 4.45. The number of ether oxygens (including phenoxy) is 1. The molecule has 0 saturated carbocycles. The fourth-order valence-corrected chi connectivity index (χ4v) is 1.67. The number of hydrogen-bond acceptors (Lipinski definition) is 2. The summed E-state index contributed by atoms with van der Waals surface area (Å²) in [6, 6.07) is 18.1. The van der Waals surface area contributed by atoms with Crippen LogP contribution in [0.5, 0.6) is 5.75 Å². The first-order valence-corrected chi connectivity index (χ1v) is 6.17. The Bertz CT molecular complexity index is 474. The molecule has 0 spiro atoms. The molecule has 0 heterocycles. The van der Waals surface area contributed by atoms with E-state index in [1.54, 1.807) is 6.92 Å². The van der Waals surface area contributed by atoms with Crippen LogP contribution in [0.4, 0.5) is 0 Å². The van der Waals surface area contributed by atoms with Crippen LogP contribution < -0.4 is 4.74 Å². The average molecular weight is 242 g/mol. The first kappa shape index (κ1) is 12.7. The van der Waals surface area contributed by atoms with Gasteiger partial charge in [-0.3, -0.25) is 0 Å². The van der Waals surface area contributed by atoms with Gasteiger partial charge in [0.15, 0.2) is 0 Å². The third-order valence-electron chi connectivity index (χ3n) is 2.96. The standard InChI is InChI=1S/C16H18O2/c1-12(17)13(2)18-16-10-8-15(9-11-16)14-6-4-3-5-7-14/h3-13,17H,1-2H3. The highest BCUT2D eigenvalue weighted by molar-refractivity contribution is 5.63. The van der Waals surface area contributed by atoms with Crippen molar-refractivity contribution in [3.05, 3.63) is 54.6 Å². The van der Waals surface area contributed by atoms with Crippen molar-refractivity contribution in [2.75, 3.05) is 0 Å². The third kappa shape index (κ3) is 3.11. The molecule has 0 saturated heterocycles. The highest BCUT2D eigenvalue weighted by Gasteiger charge is 2.09. The van der Waals surface area contributed by atoms with Gasteiger partial charge >= 0.3 is 0 Å². The molecule has 0 aliphatic carbocycles. The topological polar surface area (TPSA) is 29.5 Å². The van der Waals surface area contributed by atoms with Gasteiger partial charge < -0.3 is 9.84 Å². The van der Waals surface area contributed by atoms with Crippen LogP contribution in [0.15, 0.2) is 54.6 Å². The summed E-state index contributed by atoms with van der Waals surface area (Å²) >= 11 is 0. The van der Waals surface area contributed by atoms with Crippen molar-refractivity contribution in [1.29, 1.82) is 0 Å². The minimum absolute atomic E-state index is 0.201. The predicted molar refractivity (Wildman–Crippen MR) is 73.6 cm³/mol. The molecule has 0 amide bonds. The first-order chi connectivity index (χ1) is 8.66. The summed E-state index contributed by atoms with van der Waals surface area (Å²) in [7, 11) is 0. The monoisotopic (exact) mass is 242 g/mol. The van der Waals surface area contributed by atoms with E-state index in [1.807, 2.05) is 49.4 Å². The number of benzene rings is 2. The van der Waals surface area contributed by atoms with Crippen molar-refractivity contribution >= 4 is 0 Å². The largest absolute Gasteiger partial charge is 0.488 e. The molecule has 0 aliphatic rings. The van der Waals surface area contributed by atoms with Gasteiger partial charge in [0, 0.05) is 0 Å². The molecule has 2 rings (SSSR count). The lowest BCUT2D eigenvalue weighted by atomic mass is 10.1. The highest BCUT2D eigenvalue weighted by atomic mass is 16.5. The minimum Gasteiger partial charge on any atom is -0.488 e. The lowest BCUT2D eigenvalue weighted by Crippen LogP contribution is -2.25. The molecule has 2 atom stereocenters. The molecule has 2 nitrogen and oxygen atoms in total. The Morgan fingerprint density at radius 1 is 0.833 bits per heavy atom. The Hall–Kier alpha value is -1.80. The minimum atomic E-state index is -0.473. The number of aliphatic hydroxyl groups is 1. The van der Waals surface area contributed by atoms with Crippen LogP contribution in [0.2, 0.25) is 0 Å². The first-order valence-electron chi connectivity index (χ1n) is 6.17. The zero-order chi connectivity index (χ0) is 13.0. The summed E-state index contributed by atoms with van der Waals surface area (Å²) in [5.74, 6) is 0.781. The van der Waals surface area contributed by atoms with Gasteiger partial charge in [-0.25, -0.2) is 0 Å². The van der Waals surface area contributed by atoms with Crippen LogP contribution in [0.25, 0.3) is 11.1 Å². The van der Waals surface area contributed by atoms with Crippen molar-refractivity contribution in [2.24, 2.45) is 0 Å². The Morgan fingerprint density at radius 3 is 1.94 bits per heavy atom. The van der Waals surface area contributed by atoms with Gasteiger partial charge in [-0.1, -0.05) is 42.5 Å². The van der Waals surface area contributed by atoms with E-state index in [9.17, 15) is 5.11 Å². The number of rotatable bonds is 4. The van der Waals surface area contributed by atoms with Gasteiger partial charge in [0.05, 0.1) is 6.10 Å². The van der Waals surface area contributed by atoms with E-state index < -0.39 is 6.10 Å². The average Bonchev–Trinajstić information content (AvgIpc) is 2.40. The van der Waals surface area contributed by atoms with E-state index in [2.05, 4.69) is 12.1 Å². The molecule has 94 valence electrons. The summed E-state index contributed by atoms with van der Waals surface area (Å²) in [6.45, 7) is 3.58. The number of hydrogen-bond donors (Lipinski definition) is 1. The van der Waals surface area contributed by atoms with Crippen LogP contribution >= 0.6 is 0 Å². The third-order valence-corrected chi connectivity index (χ3v) is 2.96. The molecule has 0 aromatic heterocycles. The summed E-state index contributed by atoms with van der Waals surface area (Å²) in [6.07, 6.45) is -0.675. The zero-order valence-corrected chi connectivity index (χ0v) is 10.7. The van der Waals surface area contributed by atoms with Gasteiger partial charge in [0.25, 0.3) is 0 Å². The Balaban J connectivity index is 2.11. The van der Waals surface area contributed by atoms with E-state index in [0.29, 0.717) is 0 Å². The fraction of sp³-hybridized carbons (Fsp3) is 0.250. The highest BCUT2D eigenvalue weighted by Crippen LogP contribution is 2.22. The maximum atomic E-state index is 9.39. The van der Waals surface area contributed by atoms with E-state index in [-0.39, 0.29) is 6.10 Å². The molecule has 2 unspecified atom stereocenters. The summed E-state index contributed by atoms with van der Waals surface area (Å²) in [5.41, 5.74) is 2.35. The van der Waals surface area contributed by atoms with E-state index in [0.717, 1.165) is 11.3 Å². The fourth-order valence-electron chi connectivity index (χ4n) is 1.67. The Kier molecular flexibility index (Phi) is 4.00. The summed E-state index contributed by atoms with van der Waals surface area (Å²) in [5, 5.41) is 9.39. The lowest BCUT2D eigenvalue weighted by Gasteiger charge is -2.17. The van der Waals surface area contributed by atoms with E-state index in [1.165, 1.54) is 5.56 Å². The molecule has 18 heavy (non-hydrogen) atoms. The maximum absolute atomic E-state index is 9.39. The van der Waals surface area contributed by atoms with Gasteiger partial charge in [-0.05, 0) is 37.1 Å². The smallest absolute Gasteiger partial charge is 0.121 e. The van der Waals surface area contributed by atoms with Gasteiger partial charge in [-0.15, -0.1) is 0 Å². The van der Waals surface area contributed by atoms with Crippen LogP contribution in [0.1, 0.15) is 13.8 Å². The molecule has 0 bridgehead atoms. The SMILES string of the molecule is CC(O)C(C)Oc1ccc(-c2ccccc2)cc1. The normalized spacial score (nSPS) is 13.9. The molecule has 1 N–H and O–H groups in total. The van der Waals surface area contributed by atoms with Crippen molar-refractivity contribution in [3.8, 4) is 16.9 Å². The van der Waals surface area contributed by atoms with Crippen LogP contribution in [0.3, 0.4) is 0 Å². The van der Waals surface area contributed by atoms with Crippen LogP contribution in [-0.4, -0.2) is 17.3 Å². The van der Waals surface area contributed by atoms with Gasteiger partial charge in [0.1, 0.15) is 11.9 Å². The quantitative estimate of drug-likeness (QED) is 0.889. The number of aliphatic hydroxyl groups excluding tert-OH is 1. The van der Waals surface area contributed by atoms with E-state index in [4.69, 9.17) is 4.74 Å². The van der Waals surface area contributed by atoms with Crippen molar-refractivity contribution in [1.82, 2.24) is 0 Å². The van der Waals surface area contributed by atoms with Crippen molar-refractivity contribution < 1.29 is 9.84 Å². The van der Waals surface area contributed by atoms with Gasteiger partial charge in [0.2, 0.25) is 0 Å². The molecule has 2 heteroatoms. The summed E-state index contributed by atoms with van der Waals surface area (Å²) in [4.78, 5) is 0. The Morgan fingerprint density at radius 2 is 1.39 bits per heavy atom. The maximum Gasteiger partial charge on any atom is 0.121 e. The molecule has 0 radical (unpaired) electrons. The van der Waals surface area contributed by atoms with Crippen molar-refractivity contribution in [3.63, 3.8) is 0 Å². The molecular formula is C16H18O2. The van der Waals surface area contributed by atoms with Crippen LogP contribution in [-0.2, 0) is 0 Å². The summed E-state index contributed by atoms with van der Waals surface area (Å²) < 4.78 is 5.62. The predicted octanol–water partition coefficient (Wildman–Crippen LogP) is 3.50. The molecule has 0 aliphatic heterocycles. The van der Waals surface area contributed by atoms with Crippen LogP contribution in [0, 0.1) is 0 Å². The Labute approximate surface area is 108 Å².